The van der Waals surface area contributed by atoms with Crippen LogP contribution in [0.5, 0.6) is 5.75 Å². The van der Waals surface area contributed by atoms with E-state index >= 15 is 0 Å². The molecule has 0 aliphatic carbocycles. The molecule has 2 aliphatic heterocycles. The Hall–Kier alpha value is -4.56. The Labute approximate surface area is 248 Å². The van der Waals surface area contributed by atoms with Crippen LogP contribution in [0.1, 0.15) is 44.3 Å². The van der Waals surface area contributed by atoms with Gasteiger partial charge < -0.3 is 24.8 Å². The lowest BCUT2D eigenvalue weighted by Gasteiger charge is -2.44. The number of carbonyl (C=O) groups excluding carboxylic acids is 2. The topological polar surface area (TPSA) is 92.7 Å². The van der Waals surface area contributed by atoms with Gasteiger partial charge in [-0.2, -0.15) is 0 Å². The van der Waals surface area contributed by atoms with Gasteiger partial charge in [0.1, 0.15) is 5.75 Å². The summed E-state index contributed by atoms with van der Waals surface area (Å²) in [5, 5.41) is 6.34. The summed E-state index contributed by atoms with van der Waals surface area (Å²) >= 11 is 6.33. The number of nitrogens with one attached hydrogen (secondary N) is 2. The second-order valence-electron chi connectivity index (χ2n) is 10.8. The Morgan fingerprint density at radius 1 is 0.929 bits per heavy atom. The average molecular weight is 583 g/mol. The molecule has 3 aromatic carbocycles. The highest BCUT2D eigenvalue weighted by Crippen LogP contribution is 2.39. The predicted molar refractivity (Wildman–Crippen MR) is 164 cm³/mol. The van der Waals surface area contributed by atoms with E-state index in [2.05, 4.69) is 15.5 Å². The summed E-state index contributed by atoms with van der Waals surface area (Å²) in [5.41, 5.74) is 4.14. The van der Waals surface area contributed by atoms with Gasteiger partial charge in [-0.25, -0.2) is 0 Å². The SMILES string of the molecule is COc1ccc(CNC(=O)c2ccc(N3C[C@H]4C[C@@H](C3)c3cccc(=O)n3C4)c(NC(=O)c3ccccc3Cl)c2)cc1. The normalized spacial score (nSPS) is 17.2. The Balaban J connectivity index is 1.28. The van der Waals surface area contributed by atoms with Crippen molar-refractivity contribution in [3.63, 3.8) is 0 Å². The largest absolute Gasteiger partial charge is 0.497 e. The fourth-order valence-corrected chi connectivity index (χ4v) is 6.23. The summed E-state index contributed by atoms with van der Waals surface area (Å²) in [6.07, 6.45) is 1.01. The first-order valence-corrected chi connectivity index (χ1v) is 14.3. The number of ether oxygens (including phenoxy) is 1. The van der Waals surface area contributed by atoms with E-state index in [1.165, 1.54) is 0 Å². The van der Waals surface area contributed by atoms with Crippen molar-refractivity contribution in [2.45, 2.75) is 25.4 Å². The molecule has 0 unspecified atom stereocenters. The van der Waals surface area contributed by atoms with Crippen molar-refractivity contribution >= 4 is 34.8 Å². The summed E-state index contributed by atoms with van der Waals surface area (Å²) < 4.78 is 7.10. The number of fused-ring (bicyclic) bond motifs is 4. The quantitative estimate of drug-likeness (QED) is 0.308. The molecule has 6 rings (SSSR count). The lowest BCUT2D eigenvalue weighted by atomic mass is 9.83. The van der Waals surface area contributed by atoms with E-state index in [4.69, 9.17) is 16.3 Å². The standard InChI is InChI=1S/C33H31ClN4O4/c1-42-25-12-9-21(10-13-25)17-35-32(40)23-11-14-30(28(16-23)36-33(41)26-5-2-3-6-27(26)34)37-18-22-15-24(20-37)29-7-4-8-31(39)38(29)19-22/h2-14,16,22,24H,15,17-20H2,1H3,(H,35,40)(H,36,41)/t22-,24+/m1/s1. The number of hydrogen-bond donors (Lipinski definition) is 2. The number of piperidine rings is 1. The number of benzene rings is 3. The predicted octanol–water partition coefficient (Wildman–Crippen LogP) is 5.32. The number of methoxy groups -OCH3 is 1. The number of halogens is 1. The van der Waals surface area contributed by atoms with E-state index in [1.54, 1.807) is 49.6 Å². The maximum atomic E-state index is 13.3. The second-order valence-corrected chi connectivity index (χ2v) is 11.2. The highest BCUT2D eigenvalue weighted by Gasteiger charge is 2.35. The van der Waals surface area contributed by atoms with Crippen molar-refractivity contribution in [3.05, 3.63) is 123 Å². The average Bonchev–Trinajstić information content (AvgIpc) is 3.00. The highest BCUT2D eigenvalue weighted by atomic mass is 35.5. The first-order valence-electron chi connectivity index (χ1n) is 14.0. The van der Waals surface area contributed by atoms with E-state index in [0.29, 0.717) is 41.5 Å². The number of pyridine rings is 1. The number of rotatable bonds is 7. The fraction of sp³-hybridized carbons (Fsp3) is 0.242. The van der Waals surface area contributed by atoms with Gasteiger partial charge in [-0.15, -0.1) is 0 Å². The van der Waals surface area contributed by atoms with Crippen molar-refractivity contribution in [3.8, 4) is 5.75 Å². The van der Waals surface area contributed by atoms with E-state index in [1.807, 2.05) is 47.0 Å². The molecule has 2 amide bonds. The molecule has 2 aliphatic rings. The van der Waals surface area contributed by atoms with Gasteiger partial charge in [0.05, 0.1) is 29.1 Å². The molecule has 2 N–H and O–H groups in total. The summed E-state index contributed by atoms with van der Waals surface area (Å²) in [5.74, 6) is 0.611. The molecule has 1 aromatic heterocycles. The van der Waals surface area contributed by atoms with Crippen LogP contribution in [0, 0.1) is 5.92 Å². The zero-order valence-electron chi connectivity index (χ0n) is 23.2. The summed E-state index contributed by atoms with van der Waals surface area (Å²) in [6.45, 7) is 2.43. The van der Waals surface area contributed by atoms with Gasteiger partial charge >= 0.3 is 0 Å². The van der Waals surface area contributed by atoms with E-state index in [0.717, 1.165) is 35.7 Å². The molecule has 9 heteroatoms. The van der Waals surface area contributed by atoms with Gasteiger partial charge in [0.15, 0.2) is 0 Å². The zero-order chi connectivity index (χ0) is 29.2. The molecule has 0 radical (unpaired) electrons. The third-order valence-electron chi connectivity index (χ3n) is 8.06. The van der Waals surface area contributed by atoms with Crippen LogP contribution in [0.3, 0.4) is 0 Å². The third kappa shape index (κ3) is 5.63. The monoisotopic (exact) mass is 582 g/mol. The van der Waals surface area contributed by atoms with Gasteiger partial charge in [0.2, 0.25) is 0 Å². The highest BCUT2D eigenvalue weighted by molar-refractivity contribution is 6.34. The number of anilines is 2. The van der Waals surface area contributed by atoms with Crippen LogP contribution in [0.2, 0.25) is 5.02 Å². The Morgan fingerprint density at radius 2 is 1.74 bits per heavy atom. The van der Waals surface area contributed by atoms with Crippen molar-refractivity contribution in [1.29, 1.82) is 0 Å². The maximum absolute atomic E-state index is 13.3. The third-order valence-corrected chi connectivity index (χ3v) is 8.39. The van der Waals surface area contributed by atoms with Crippen molar-refractivity contribution in [2.24, 2.45) is 5.92 Å². The summed E-state index contributed by atoms with van der Waals surface area (Å²) in [6, 6.07) is 25.2. The van der Waals surface area contributed by atoms with Crippen LogP contribution >= 0.6 is 11.6 Å². The number of amides is 2. The Morgan fingerprint density at radius 3 is 2.52 bits per heavy atom. The van der Waals surface area contributed by atoms with Gasteiger partial charge in [-0.3, -0.25) is 14.4 Å². The van der Waals surface area contributed by atoms with Crippen LogP contribution in [-0.4, -0.2) is 36.6 Å². The molecule has 214 valence electrons. The molecule has 2 atom stereocenters. The molecular formula is C33H31ClN4O4. The van der Waals surface area contributed by atoms with Crippen LogP contribution in [0.25, 0.3) is 0 Å². The number of nitrogens with zero attached hydrogens (tertiary/aromatic N) is 2. The minimum atomic E-state index is -0.355. The van der Waals surface area contributed by atoms with Crippen LogP contribution in [-0.2, 0) is 13.1 Å². The molecule has 3 heterocycles. The number of hydrogen-bond acceptors (Lipinski definition) is 5. The minimum absolute atomic E-state index is 0.0355. The first kappa shape index (κ1) is 27.6. The van der Waals surface area contributed by atoms with Crippen molar-refractivity contribution in [2.75, 3.05) is 30.4 Å². The Kier molecular flexibility index (Phi) is 7.71. The lowest BCUT2D eigenvalue weighted by molar-refractivity contribution is 0.0949. The molecule has 0 saturated carbocycles. The smallest absolute Gasteiger partial charge is 0.257 e. The molecule has 2 bridgehead atoms. The van der Waals surface area contributed by atoms with Crippen molar-refractivity contribution < 1.29 is 14.3 Å². The molecular weight excluding hydrogens is 552 g/mol. The maximum Gasteiger partial charge on any atom is 0.257 e. The van der Waals surface area contributed by atoms with Gasteiger partial charge in [-0.05, 0) is 66.4 Å². The van der Waals surface area contributed by atoms with Gasteiger partial charge in [0, 0.05) is 49.4 Å². The van der Waals surface area contributed by atoms with Crippen LogP contribution in [0.15, 0.2) is 89.7 Å². The zero-order valence-corrected chi connectivity index (χ0v) is 23.9. The number of carbonyl (C=O) groups is 2. The van der Waals surface area contributed by atoms with E-state index in [9.17, 15) is 14.4 Å². The lowest BCUT2D eigenvalue weighted by Crippen LogP contribution is -2.47. The Bertz CT molecular complexity index is 1700. The fourth-order valence-electron chi connectivity index (χ4n) is 6.01. The molecule has 1 saturated heterocycles. The summed E-state index contributed by atoms with van der Waals surface area (Å²) in [4.78, 5) is 41.3. The van der Waals surface area contributed by atoms with Crippen molar-refractivity contribution in [1.82, 2.24) is 9.88 Å². The van der Waals surface area contributed by atoms with Gasteiger partial charge in [0.25, 0.3) is 17.4 Å². The number of aromatic nitrogens is 1. The van der Waals surface area contributed by atoms with Crippen LogP contribution in [0.4, 0.5) is 11.4 Å². The summed E-state index contributed by atoms with van der Waals surface area (Å²) in [7, 11) is 1.61. The van der Waals surface area contributed by atoms with Crippen LogP contribution < -0.4 is 25.8 Å². The minimum Gasteiger partial charge on any atom is -0.497 e. The van der Waals surface area contributed by atoms with E-state index in [-0.39, 0.29) is 29.2 Å². The molecule has 0 spiro atoms. The molecule has 8 nitrogen and oxygen atoms in total. The van der Waals surface area contributed by atoms with E-state index < -0.39 is 0 Å². The molecule has 4 aromatic rings. The molecule has 1 fully saturated rings. The van der Waals surface area contributed by atoms with Gasteiger partial charge in [-0.1, -0.05) is 41.9 Å². The molecule has 42 heavy (non-hydrogen) atoms. The second kappa shape index (κ2) is 11.7. The first-order chi connectivity index (χ1) is 20.4.